The number of halogens is 2. The second-order valence-electron chi connectivity index (χ2n) is 3.91. The van der Waals surface area contributed by atoms with E-state index in [0.717, 1.165) is 20.3 Å². The van der Waals surface area contributed by atoms with E-state index in [-0.39, 0.29) is 6.98 Å². The lowest BCUT2D eigenvalue weighted by Gasteiger charge is -2.06. The summed E-state index contributed by atoms with van der Waals surface area (Å²) in [5, 5.41) is 6.94. The van der Waals surface area contributed by atoms with Gasteiger partial charge in [0.15, 0.2) is 0 Å². The van der Waals surface area contributed by atoms with Gasteiger partial charge in [-0.25, -0.2) is 0 Å². The first-order valence-corrected chi connectivity index (χ1v) is 6.90. The van der Waals surface area contributed by atoms with Crippen LogP contribution in [0.2, 0.25) is 0 Å². The van der Waals surface area contributed by atoms with E-state index in [2.05, 4.69) is 54.4 Å². The highest BCUT2D eigenvalue weighted by Gasteiger charge is 2.29. The summed E-state index contributed by atoms with van der Waals surface area (Å²) in [6.07, 6.45) is 0. The SMILES string of the molecule is Brc1ccc(Br)c2c1NB(c1ccccc1)N2. The molecule has 84 valence electrons. The van der Waals surface area contributed by atoms with E-state index < -0.39 is 0 Å². The van der Waals surface area contributed by atoms with E-state index in [1.54, 1.807) is 0 Å². The summed E-state index contributed by atoms with van der Waals surface area (Å²) in [7, 11) is 0. The second-order valence-corrected chi connectivity index (χ2v) is 5.62. The largest absolute Gasteiger partial charge is 0.406 e. The fourth-order valence-electron chi connectivity index (χ4n) is 1.97. The Morgan fingerprint density at radius 1 is 0.765 bits per heavy atom. The summed E-state index contributed by atoms with van der Waals surface area (Å²) < 4.78 is 2.14. The highest BCUT2D eigenvalue weighted by Crippen LogP contribution is 2.40. The zero-order chi connectivity index (χ0) is 11.8. The molecular formula is C12H9BBr2N2. The van der Waals surface area contributed by atoms with Gasteiger partial charge in [0.2, 0.25) is 0 Å². The lowest BCUT2D eigenvalue weighted by molar-refractivity contribution is 1.61. The molecule has 0 radical (unpaired) electrons. The van der Waals surface area contributed by atoms with E-state index in [1.807, 2.05) is 30.3 Å². The van der Waals surface area contributed by atoms with Crippen molar-refractivity contribution in [1.29, 1.82) is 0 Å². The summed E-state index contributed by atoms with van der Waals surface area (Å²) in [6.45, 7) is 0.126. The van der Waals surface area contributed by atoms with Gasteiger partial charge in [0, 0.05) is 8.95 Å². The van der Waals surface area contributed by atoms with Crippen LogP contribution in [-0.4, -0.2) is 6.98 Å². The number of rotatable bonds is 1. The quantitative estimate of drug-likeness (QED) is 0.769. The zero-order valence-corrected chi connectivity index (χ0v) is 12.0. The third-order valence-electron chi connectivity index (χ3n) is 2.81. The summed E-state index contributed by atoms with van der Waals surface area (Å²) in [5.74, 6) is 0. The molecule has 0 unspecified atom stereocenters. The monoisotopic (exact) mass is 350 g/mol. The molecule has 1 aliphatic rings. The molecule has 1 heterocycles. The second kappa shape index (κ2) is 4.39. The van der Waals surface area contributed by atoms with Gasteiger partial charge in [0.05, 0.1) is 11.4 Å². The Morgan fingerprint density at radius 2 is 1.29 bits per heavy atom. The molecule has 2 nitrogen and oxygen atoms in total. The van der Waals surface area contributed by atoms with Crippen LogP contribution in [0, 0.1) is 0 Å². The Balaban J connectivity index is 1.98. The van der Waals surface area contributed by atoms with Gasteiger partial charge in [-0.3, -0.25) is 0 Å². The third kappa shape index (κ3) is 1.98. The lowest BCUT2D eigenvalue weighted by Crippen LogP contribution is -2.41. The minimum absolute atomic E-state index is 0.126. The van der Waals surface area contributed by atoms with Crippen molar-refractivity contribution in [3.05, 3.63) is 51.4 Å². The predicted octanol–water partition coefficient (Wildman–Crippen LogP) is 3.44. The van der Waals surface area contributed by atoms with Crippen molar-refractivity contribution < 1.29 is 0 Å². The van der Waals surface area contributed by atoms with Crippen LogP contribution in [0.4, 0.5) is 11.4 Å². The van der Waals surface area contributed by atoms with Crippen molar-refractivity contribution in [2.75, 3.05) is 10.5 Å². The van der Waals surface area contributed by atoms with Crippen molar-refractivity contribution in [2.45, 2.75) is 0 Å². The van der Waals surface area contributed by atoms with Crippen LogP contribution < -0.4 is 15.9 Å². The number of hydrogen-bond donors (Lipinski definition) is 2. The number of benzene rings is 2. The highest BCUT2D eigenvalue weighted by molar-refractivity contribution is 9.11. The first kappa shape index (κ1) is 11.2. The average Bonchev–Trinajstić information content (AvgIpc) is 2.81. The summed E-state index contributed by atoms with van der Waals surface area (Å²) in [4.78, 5) is 0. The van der Waals surface area contributed by atoms with Crippen LogP contribution in [0.5, 0.6) is 0 Å². The molecule has 0 saturated carbocycles. The van der Waals surface area contributed by atoms with Gasteiger partial charge in [-0.05, 0) is 49.5 Å². The molecule has 17 heavy (non-hydrogen) atoms. The van der Waals surface area contributed by atoms with E-state index in [0.29, 0.717) is 0 Å². The summed E-state index contributed by atoms with van der Waals surface area (Å²) in [5.41, 5.74) is 3.43. The van der Waals surface area contributed by atoms with E-state index in [1.165, 1.54) is 5.46 Å². The molecule has 0 atom stereocenters. The van der Waals surface area contributed by atoms with Gasteiger partial charge < -0.3 is 10.5 Å². The number of hydrogen-bond acceptors (Lipinski definition) is 2. The summed E-state index contributed by atoms with van der Waals surface area (Å²) in [6, 6.07) is 14.4. The molecule has 0 saturated heterocycles. The lowest BCUT2D eigenvalue weighted by atomic mass is 9.69. The van der Waals surface area contributed by atoms with Crippen LogP contribution in [0.25, 0.3) is 0 Å². The molecule has 3 rings (SSSR count). The maximum Gasteiger partial charge on any atom is 0.406 e. The molecule has 0 aromatic heterocycles. The molecule has 0 bridgehead atoms. The van der Waals surface area contributed by atoms with Crippen LogP contribution in [-0.2, 0) is 0 Å². The normalized spacial score (nSPS) is 12.9. The Morgan fingerprint density at radius 3 is 1.82 bits per heavy atom. The first-order valence-electron chi connectivity index (χ1n) is 5.32. The first-order chi connectivity index (χ1) is 8.25. The van der Waals surface area contributed by atoms with E-state index in [4.69, 9.17) is 0 Å². The Bertz CT molecular complexity index is 529. The molecule has 2 N–H and O–H groups in total. The van der Waals surface area contributed by atoms with Crippen molar-refractivity contribution in [2.24, 2.45) is 0 Å². The maximum atomic E-state index is 3.56. The Labute approximate surface area is 117 Å². The standard InChI is InChI=1S/C12H9BBr2N2/c14-9-6-7-10(15)12-11(9)16-13(17-12)8-4-2-1-3-5-8/h1-7,16-17H. The number of anilines is 2. The van der Waals surface area contributed by atoms with Crippen molar-refractivity contribution in [3.8, 4) is 0 Å². The van der Waals surface area contributed by atoms with Gasteiger partial charge in [-0.1, -0.05) is 30.3 Å². The molecule has 0 fully saturated rings. The van der Waals surface area contributed by atoms with Gasteiger partial charge in [0.25, 0.3) is 0 Å². The predicted molar refractivity (Wildman–Crippen MR) is 80.9 cm³/mol. The van der Waals surface area contributed by atoms with Crippen LogP contribution in [0.1, 0.15) is 0 Å². The molecule has 2 aromatic rings. The van der Waals surface area contributed by atoms with E-state index in [9.17, 15) is 0 Å². The third-order valence-corrected chi connectivity index (χ3v) is 4.14. The fourth-order valence-corrected chi connectivity index (χ4v) is 2.86. The molecule has 2 aromatic carbocycles. The van der Waals surface area contributed by atoms with Crippen molar-refractivity contribution in [3.63, 3.8) is 0 Å². The topological polar surface area (TPSA) is 24.1 Å². The highest BCUT2D eigenvalue weighted by atomic mass is 79.9. The fraction of sp³-hybridized carbons (Fsp3) is 0. The Hall–Kier alpha value is -0.935. The number of nitrogens with one attached hydrogen (secondary N) is 2. The van der Waals surface area contributed by atoms with Gasteiger partial charge >= 0.3 is 6.98 Å². The average molecular weight is 352 g/mol. The minimum Gasteiger partial charge on any atom is -0.403 e. The van der Waals surface area contributed by atoms with Crippen LogP contribution in [0.3, 0.4) is 0 Å². The van der Waals surface area contributed by atoms with Crippen molar-refractivity contribution in [1.82, 2.24) is 0 Å². The maximum absolute atomic E-state index is 3.56. The van der Waals surface area contributed by atoms with E-state index >= 15 is 0 Å². The van der Waals surface area contributed by atoms with Gasteiger partial charge in [-0.2, -0.15) is 0 Å². The molecule has 1 aliphatic heterocycles. The Kier molecular flexibility index (Phi) is 2.88. The molecular weight excluding hydrogens is 343 g/mol. The minimum atomic E-state index is 0.126. The molecule has 0 spiro atoms. The molecule has 0 aliphatic carbocycles. The smallest absolute Gasteiger partial charge is 0.403 e. The van der Waals surface area contributed by atoms with Gasteiger partial charge in [-0.15, -0.1) is 0 Å². The summed E-state index contributed by atoms with van der Waals surface area (Å²) >= 11 is 7.12. The number of fused-ring (bicyclic) bond motifs is 1. The van der Waals surface area contributed by atoms with Crippen LogP contribution >= 0.6 is 31.9 Å². The van der Waals surface area contributed by atoms with Crippen LogP contribution in [0.15, 0.2) is 51.4 Å². The molecule has 5 heteroatoms. The molecule has 0 amide bonds. The zero-order valence-electron chi connectivity index (χ0n) is 8.87. The van der Waals surface area contributed by atoms with Gasteiger partial charge in [0.1, 0.15) is 0 Å². The van der Waals surface area contributed by atoms with Crippen molar-refractivity contribution >= 4 is 55.7 Å².